The van der Waals surface area contributed by atoms with Crippen LogP contribution in [0.4, 0.5) is 4.39 Å². The third-order valence-electron chi connectivity index (χ3n) is 4.00. The van der Waals surface area contributed by atoms with Crippen molar-refractivity contribution in [3.05, 3.63) is 30.1 Å². The minimum atomic E-state index is -4.12. The van der Waals surface area contributed by atoms with Gasteiger partial charge in [0.15, 0.2) is 0 Å². The maximum Gasteiger partial charge on any atom is 0.244 e. The molecule has 1 fully saturated rings. The summed E-state index contributed by atoms with van der Waals surface area (Å²) in [5.74, 6) is -1.51. The Hall–Kier alpha value is -1.22. The summed E-state index contributed by atoms with van der Waals surface area (Å²) in [6.45, 7) is 5.07. The Balaban J connectivity index is 0.00000312. The molecule has 1 aromatic carbocycles. The number of carbonyl (C=O) groups is 1. The molecule has 1 aliphatic rings. The third-order valence-corrected chi connectivity index (χ3v) is 5.48. The smallest absolute Gasteiger partial charge is 0.244 e. The van der Waals surface area contributed by atoms with Crippen molar-refractivity contribution in [1.82, 2.24) is 15.4 Å². The molecule has 1 saturated heterocycles. The summed E-state index contributed by atoms with van der Waals surface area (Å²) in [5.41, 5.74) is 0. The van der Waals surface area contributed by atoms with Crippen LogP contribution in [-0.2, 0) is 14.8 Å². The molecule has 1 unspecified atom stereocenters. The molecule has 0 spiro atoms. The second kappa shape index (κ2) is 9.47. The summed E-state index contributed by atoms with van der Waals surface area (Å²) < 4.78 is 41.0. The Morgan fingerprint density at radius 3 is 2.56 bits per heavy atom. The topological polar surface area (TPSA) is 87.3 Å². The minimum absolute atomic E-state index is 0. The van der Waals surface area contributed by atoms with E-state index < -0.39 is 32.7 Å². The van der Waals surface area contributed by atoms with Gasteiger partial charge in [0.2, 0.25) is 15.9 Å². The molecule has 0 radical (unpaired) electrons. The van der Waals surface area contributed by atoms with Crippen LogP contribution in [0.2, 0.25) is 0 Å². The highest BCUT2D eigenvalue weighted by atomic mass is 35.5. The van der Waals surface area contributed by atoms with Crippen molar-refractivity contribution in [2.45, 2.75) is 43.7 Å². The molecule has 0 aromatic heterocycles. The van der Waals surface area contributed by atoms with Gasteiger partial charge in [0.05, 0.1) is 0 Å². The highest BCUT2D eigenvalue weighted by Gasteiger charge is 2.31. The summed E-state index contributed by atoms with van der Waals surface area (Å²) >= 11 is 0. The quantitative estimate of drug-likeness (QED) is 0.682. The van der Waals surface area contributed by atoms with Gasteiger partial charge in [0, 0.05) is 12.6 Å². The summed E-state index contributed by atoms with van der Waals surface area (Å²) in [7, 11) is -4.12. The predicted molar refractivity (Wildman–Crippen MR) is 96.6 cm³/mol. The fraction of sp³-hybridized carbons (Fsp3) is 0.562. The largest absolute Gasteiger partial charge is 0.351 e. The number of hydrogen-bond donors (Lipinski definition) is 3. The summed E-state index contributed by atoms with van der Waals surface area (Å²) in [4.78, 5) is 12.0. The van der Waals surface area contributed by atoms with Gasteiger partial charge in [-0.05, 0) is 37.4 Å². The normalized spacial score (nSPS) is 19.1. The van der Waals surface area contributed by atoms with Crippen LogP contribution in [0, 0.1) is 11.7 Å². The van der Waals surface area contributed by atoms with E-state index in [1.165, 1.54) is 18.2 Å². The highest BCUT2D eigenvalue weighted by molar-refractivity contribution is 7.89. The molecular formula is C16H25ClFN3O3S. The van der Waals surface area contributed by atoms with E-state index in [1.807, 2.05) is 0 Å². The SMILES string of the molecule is CC(C)C(NS(=O)(=O)c1ccccc1F)C(=O)N[C@H]1CCCNC1.Cl. The van der Waals surface area contributed by atoms with Gasteiger partial charge in [-0.25, -0.2) is 12.8 Å². The summed E-state index contributed by atoms with van der Waals surface area (Å²) in [6.07, 6.45) is 1.81. The van der Waals surface area contributed by atoms with Crippen molar-refractivity contribution in [3.8, 4) is 0 Å². The van der Waals surface area contributed by atoms with Crippen LogP contribution in [0.3, 0.4) is 0 Å². The monoisotopic (exact) mass is 393 g/mol. The molecule has 3 N–H and O–H groups in total. The van der Waals surface area contributed by atoms with Crippen molar-refractivity contribution in [1.29, 1.82) is 0 Å². The Bertz CT molecular complexity index is 679. The Morgan fingerprint density at radius 2 is 2.00 bits per heavy atom. The molecule has 25 heavy (non-hydrogen) atoms. The molecule has 6 nitrogen and oxygen atoms in total. The molecular weight excluding hydrogens is 369 g/mol. The van der Waals surface area contributed by atoms with Crippen LogP contribution in [-0.4, -0.2) is 39.5 Å². The van der Waals surface area contributed by atoms with Gasteiger partial charge in [0.1, 0.15) is 16.8 Å². The lowest BCUT2D eigenvalue weighted by Crippen LogP contribution is -2.54. The van der Waals surface area contributed by atoms with E-state index in [1.54, 1.807) is 13.8 Å². The Labute approximate surface area is 154 Å². The number of piperidine rings is 1. The number of carbonyl (C=O) groups excluding carboxylic acids is 1. The van der Waals surface area contributed by atoms with Gasteiger partial charge in [-0.1, -0.05) is 26.0 Å². The first-order valence-corrected chi connectivity index (χ1v) is 9.57. The van der Waals surface area contributed by atoms with Crippen LogP contribution in [0.1, 0.15) is 26.7 Å². The second-order valence-electron chi connectivity index (χ2n) is 6.33. The van der Waals surface area contributed by atoms with Crippen molar-refractivity contribution in [2.75, 3.05) is 13.1 Å². The molecule has 1 aromatic rings. The summed E-state index contributed by atoms with van der Waals surface area (Å²) in [6, 6.07) is 4.12. The standard InChI is InChI=1S/C16H24FN3O3S.ClH/c1-11(2)15(16(21)19-12-6-5-9-18-10-12)20-24(22,23)14-8-4-3-7-13(14)17;/h3-4,7-8,11-12,15,18,20H,5-6,9-10H2,1-2H3,(H,19,21);1H/t12-,15?;/m0./s1. The average molecular weight is 394 g/mol. The van der Waals surface area contributed by atoms with Crippen LogP contribution in [0.5, 0.6) is 0 Å². The average Bonchev–Trinajstić information content (AvgIpc) is 2.53. The molecule has 0 aliphatic carbocycles. The lowest BCUT2D eigenvalue weighted by atomic mass is 10.0. The van der Waals surface area contributed by atoms with E-state index in [4.69, 9.17) is 0 Å². The van der Waals surface area contributed by atoms with E-state index in [0.717, 1.165) is 25.5 Å². The van der Waals surface area contributed by atoms with E-state index in [2.05, 4.69) is 15.4 Å². The zero-order valence-electron chi connectivity index (χ0n) is 14.3. The van der Waals surface area contributed by atoms with E-state index >= 15 is 0 Å². The molecule has 1 heterocycles. The van der Waals surface area contributed by atoms with Crippen LogP contribution in [0.25, 0.3) is 0 Å². The maximum atomic E-state index is 13.8. The fourth-order valence-electron chi connectivity index (χ4n) is 2.65. The lowest BCUT2D eigenvalue weighted by Gasteiger charge is -2.28. The van der Waals surface area contributed by atoms with Gasteiger partial charge in [-0.15, -0.1) is 12.4 Å². The molecule has 2 rings (SSSR count). The van der Waals surface area contributed by atoms with E-state index in [9.17, 15) is 17.6 Å². The molecule has 1 amide bonds. The third kappa shape index (κ3) is 5.91. The number of rotatable bonds is 6. The van der Waals surface area contributed by atoms with Gasteiger partial charge in [-0.3, -0.25) is 4.79 Å². The van der Waals surface area contributed by atoms with Crippen molar-refractivity contribution >= 4 is 28.3 Å². The number of benzene rings is 1. The van der Waals surface area contributed by atoms with Gasteiger partial charge < -0.3 is 10.6 Å². The zero-order valence-corrected chi connectivity index (χ0v) is 15.9. The van der Waals surface area contributed by atoms with Gasteiger partial charge in [-0.2, -0.15) is 4.72 Å². The van der Waals surface area contributed by atoms with Crippen molar-refractivity contribution in [2.24, 2.45) is 5.92 Å². The number of nitrogens with one attached hydrogen (secondary N) is 3. The first-order valence-electron chi connectivity index (χ1n) is 8.09. The lowest BCUT2D eigenvalue weighted by molar-refractivity contribution is -0.124. The van der Waals surface area contributed by atoms with E-state index in [-0.39, 0.29) is 24.4 Å². The molecule has 142 valence electrons. The van der Waals surface area contributed by atoms with Crippen molar-refractivity contribution in [3.63, 3.8) is 0 Å². The Morgan fingerprint density at radius 1 is 1.32 bits per heavy atom. The second-order valence-corrected chi connectivity index (χ2v) is 8.01. The predicted octanol–water partition coefficient (Wildman–Crippen LogP) is 1.42. The first kappa shape index (κ1) is 21.8. The fourth-order valence-corrected chi connectivity index (χ4v) is 4.07. The van der Waals surface area contributed by atoms with Crippen LogP contribution >= 0.6 is 12.4 Å². The number of hydrogen-bond acceptors (Lipinski definition) is 4. The van der Waals surface area contributed by atoms with Crippen molar-refractivity contribution < 1.29 is 17.6 Å². The molecule has 1 aliphatic heterocycles. The molecule has 9 heteroatoms. The Kier molecular flexibility index (Phi) is 8.27. The van der Waals surface area contributed by atoms with Crippen LogP contribution in [0.15, 0.2) is 29.2 Å². The maximum absolute atomic E-state index is 13.8. The van der Waals surface area contributed by atoms with Gasteiger partial charge >= 0.3 is 0 Å². The number of amides is 1. The first-order chi connectivity index (χ1) is 11.3. The summed E-state index contributed by atoms with van der Waals surface area (Å²) in [5, 5.41) is 6.05. The highest BCUT2D eigenvalue weighted by Crippen LogP contribution is 2.16. The molecule has 2 atom stereocenters. The molecule has 0 saturated carbocycles. The van der Waals surface area contributed by atoms with Gasteiger partial charge in [0.25, 0.3) is 0 Å². The number of halogens is 2. The van der Waals surface area contributed by atoms with E-state index in [0.29, 0.717) is 6.54 Å². The van der Waals surface area contributed by atoms with Crippen LogP contribution < -0.4 is 15.4 Å². The zero-order chi connectivity index (χ0) is 17.7. The number of sulfonamides is 1. The molecule has 0 bridgehead atoms. The minimum Gasteiger partial charge on any atom is -0.351 e.